The quantitative estimate of drug-likeness (QED) is 0.636. The average molecular weight is 430 g/mol. The van der Waals surface area contributed by atoms with Crippen molar-refractivity contribution in [1.29, 1.82) is 0 Å². The van der Waals surface area contributed by atoms with Gasteiger partial charge in [-0.15, -0.1) is 11.3 Å². The number of ether oxygens (including phenoxy) is 1. The topological polar surface area (TPSA) is 47.4 Å². The number of benzene rings is 1. The summed E-state index contributed by atoms with van der Waals surface area (Å²) in [5.74, 6) is 0. The Balaban J connectivity index is 1.40. The number of aromatic nitrogens is 2. The molecule has 1 saturated heterocycles. The van der Waals surface area contributed by atoms with Crippen LogP contribution >= 0.6 is 22.9 Å². The molecule has 1 fully saturated rings. The van der Waals surface area contributed by atoms with Gasteiger partial charge < -0.3 is 4.74 Å². The minimum absolute atomic E-state index is 0.0874. The van der Waals surface area contributed by atoms with E-state index in [-0.39, 0.29) is 5.56 Å². The van der Waals surface area contributed by atoms with Crippen LogP contribution in [-0.4, -0.2) is 46.8 Å². The van der Waals surface area contributed by atoms with Crippen LogP contribution in [0.4, 0.5) is 0 Å². The fourth-order valence-electron chi connectivity index (χ4n) is 4.54. The highest BCUT2D eigenvalue weighted by molar-refractivity contribution is 7.18. The molecular formula is C22H24ClN3O2S. The Morgan fingerprint density at radius 1 is 1.24 bits per heavy atom. The lowest BCUT2D eigenvalue weighted by atomic mass is 9.92. The molecule has 1 aromatic carbocycles. The van der Waals surface area contributed by atoms with Crippen LogP contribution in [0.5, 0.6) is 0 Å². The second-order valence-electron chi connectivity index (χ2n) is 7.81. The number of nitrogens with zero attached hydrogens (tertiary/aromatic N) is 3. The molecule has 0 radical (unpaired) electrons. The van der Waals surface area contributed by atoms with Gasteiger partial charge in [0.05, 0.1) is 24.9 Å². The van der Waals surface area contributed by atoms with Crippen molar-refractivity contribution in [1.82, 2.24) is 14.5 Å². The van der Waals surface area contributed by atoms with Crippen molar-refractivity contribution < 1.29 is 4.74 Å². The fourth-order valence-corrected chi connectivity index (χ4v) is 6.02. The first-order valence-corrected chi connectivity index (χ1v) is 11.4. The summed E-state index contributed by atoms with van der Waals surface area (Å²) >= 11 is 7.97. The Kier molecular flexibility index (Phi) is 5.43. The standard InChI is InChI=1S/C22H24ClN3O2S/c23-18-4-2-1-3-15(18)7-8-26-14-24-21-20(22(26)27)17-6-5-16(13-19(17)29-21)25-9-11-28-12-10-25/h1-4,14,16H,5-13H2. The van der Waals surface area contributed by atoms with Crippen LogP contribution in [0.1, 0.15) is 22.4 Å². The highest BCUT2D eigenvalue weighted by Gasteiger charge is 2.29. The molecular weight excluding hydrogens is 406 g/mol. The van der Waals surface area contributed by atoms with Gasteiger partial charge in [0, 0.05) is 35.6 Å². The van der Waals surface area contributed by atoms with Crippen LogP contribution in [0.25, 0.3) is 10.2 Å². The van der Waals surface area contributed by atoms with Crippen LogP contribution in [0.3, 0.4) is 0 Å². The summed E-state index contributed by atoms with van der Waals surface area (Å²) in [4.78, 5) is 22.6. The number of thiophene rings is 1. The lowest BCUT2D eigenvalue weighted by molar-refractivity contribution is 0.0140. The normalized spacial score (nSPS) is 20.1. The summed E-state index contributed by atoms with van der Waals surface area (Å²) in [5, 5.41) is 1.59. The Morgan fingerprint density at radius 3 is 2.90 bits per heavy atom. The molecule has 3 heterocycles. The zero-order valence-electron chi connectivity index (χ0n) is 16.3. The average Bonchev–Trinajstić information content (AvgIpc) is 3.13. The van der Waals surface area contributed by atoms with E-state index in [2.05, 4.69) is 9.88 Å². The van der Waals surface area contributed by atoms with Crippen molar-refractivity contribution in [2.45, 2.75) is 38.3 Å². The van der Waals surface area contributed by atoms with Crippen LogP contribution in [-0.2, 0) is 30.5 Å². The SMILES string of the molecule is O=c1c2c3c(sc2ncn1CCc1ccccc1Cl)CC(N1CCOCC1)CC3. The maximum absolute atomic E-state index is 13.2. The maximum Gasteiger partial charge on any atom is 0.262 e. The summed E-state index contributed by atoms with van der Waals surface area (Å²) < 4.78 is 7.24. The molecule has 29 heavy (non-hydrogen) atoms. The first-order chi connectivity index (χ1) is 14.2. The summed E-state index contributed by atoms with van der Waals surface area (Å²) in [6.45, 7) is 4.27. The smallest absolute Gasteiger partial charge is 0.262 e. The number of morpholine rings is 1. The van der Waals surface area contributed by atoms with Crippen LogP contribution in [0, 0.1) is 0 Å². The second kappa shape index (κ2) is 8.19. The zero-order valence-corrected chi connectivity index (χ0v) is 17.8. The summed E-state index contributed by atoms with van der Waals surface area (Å²) in [7, 11) is 0. The van der Waals surface area contributed by atoms with Crippen LogP contribution in [0.15, 0.2) is 35.4 Å². The van der Waals surface area contributed by atoms with E-state index >= 15 is 0 Å². The number of hydrogen-bond donors (Lipinski definition) is 0. The maximum atomic E-state index is 13.2. The van der Waals surface area contributed by atoms with Crippen molar-refractivity contribution in [2.24, 2.45) is 0 Å². The number of rotatable bonds is 4. The molecule has 7 heteroatoms. The molecule has 1 aliphatic heterocycles. The monoisotopic (exact) mass is 429 g/mol. The van der Waals surface area contributed by atoms with Gasteiger partial charge in [-0.05, 0) is 42.9 Å². The highest BCUT2D eigenvalue weighted by Crippen LogP contribution is 2.35. The summed E-state index contributed by atoms with van der Waals surface area (Å²) in [5.41, 5.74) is 2.38. The van der Waals surface area contributed by atoms with Gasteiger partial charge in [0.15, 0.2) is 0 Å². The van der Waals surface area contributed by atoms with Crippen LogP contribution < -0.4 is 5.56 Å². The molecule has 152 valence electrons. The summed E-state index contributed by atoms with van der Waals surface area (Å²) in [6, 6.07) is 8.36. The first-order valence-electron chi connectivity index (χ1n) is 10.3. The Hall–Kier alpha value is -1.73. The third-order valence-corrected chi connectivity index (χ3v) is 7.68. The lowest BCUT2D eigenvalue weighted by Gasteiger charge is -2.36. The largest absolute Gasteiger partial charge is 0.379 e. The van der Waals surface area contributed by atoms with Gasteiger partial charge in [0.1, 0.15) is 4.83 Å². The third kappa shape index (κ3) is 3.75. The Labute approximate surface area is 178 Å². The van der Waals surface area contributed by atoms with E-state index in [9.17, 15) is 4.79 Å². The van der Waals surface area contributed by atoms with Gasteiger partial charge in [-0.1, -0.05) is 29.8 Å². The van der Waals surface area contributed by atoms with Gasteiger partial charge in [-0.25, -0.2) is 4.98 Å². The molecule has 2 aliphatic rings. The van der Waals surface area contributed by atoms with Crippen molar-refractivity contribution in [2.75, 3.05) is 26.3 Å². The molecule has 1 atom stereocenters. The zero-order chi connectivity index (χ0) is 19.8. The minimum Gasteiger partial charge on any atom is -0.379 e. The molecule has 1 aliphatic carbocycles. The molecule has 1 unspecified atom stereocenters. The first kappa shape index (κ1) is 19.2. The van der Waals surface area contributed by atoms with Crippen molar-refractivity contribution in [3.05, 3.63) is 62.0 Å². The van der Waals surface area contributed by atoms with Gasteiger partial charge in [-0.2, -0.15) is 0 Å². The van der Waals surface area contributed by atoms with E-state index < -0.39 is 0 Å². The Bertz CT molecular complexity index is 1090. The van der Waals surface area contributed by atoms with E-state index in [0.717, 1.165) is 72.8 Å². The predicted octanol–water partition coefficient (Wildman–Crippen LogP) is 3.54. The van der Waals surface area contributed by atoms with Crippen molar-refractivity contribution in [3.8, 4) is 0 Å². The molecule has 0 amide bonds. The molecule has 2 aromatic heterocycles. The van der Waals surface area contributed by atoms with E-state index in [1.807, 2.05) is 24.3 Å². The fraction of sp³-hybridized carbons (Fsp3) is 0.455. The van der Waals surface area contributed by atoms with E-state index in [1.54, 1.807) is 22.2 Å². The van der Waals surface area contributed by atoms with Crippen LogP contribution in [0.2, 0.25) is 5.02 Å². The van der Waals surface area contributed by atoms with E-state index in [4.69, 9.17) is 16.3 Å². The number of fused-ring (bicyclic) bond motifs is 3. The number of hydrogen-bond acceptors (Lipinski definition) is 5. The van der Waals surface area contributed by atoms with Gasteiger partial charge in [-0.3, -0.25) is 14.3 Å². The van der Waals surface area contributed by atoms with Gasteiger partial charge >= 0.3 is 0 Å². The van der Waals surface area contributed by atoms with Gasteiger partial charge in [0.25, 0.3) is 5.56 Å². The second-order valence-corrected chi connectivity index (χ2v) is 9.30. The third-order valence-electron chi connectivity index (χ3n) is 6.15. The molecule has 5 nitrogen and oxygen atoms in total. The highest BCUT2D eigenvalue weighted by atomic mass is 35.5. The molecule has 3 aromatic rings. The molecule has 5 rings (SSSR count). The number of halogens is 1. The Morgan fingerprint density at radius 2 is 2.07 bits per heavy atom. The molecule has 0 N–H and O–H groups in total. The van der Waals surface area contributed by atoms with E-state index in [0.29, 0.717) is 12.6 Å². The van der Waals surface area contributed by atoms with Gasteiger partial charge in [0.2, 0.25) is 0 Å². The van der Waals surface area contributed by atoms with Crippen molar-refractivity contribution >= 4 is 33.2 Å². The van der Waals surface area contributed by atoms with Crippen molar-refractivity contribution in [3.63, 3.8) is 0 Å². The minimum atomic E-state index is 0.0874. The number of aryl methyl sites for hydroxylation is 3. The molecule has 0 spiro atoms. The lowest BCUT2D eigenvalue weighted by Crippen LogP contribution is -2.45. The predicted molar refractivity (Wildman–Crippen MR) is 117 cm³/mol. The molecule has 0 bridgehead atoms. The van der Waals surface area contributed by atoms with E-state index in [1.165, 1.54) is 10.4 Å². The molecule has 0 saturated carbocycles. The summed E-state index contributed by atoms with van der Waals surface area (Å²) in [6.07, 6.45) is 5.51.